The second kappa shape index (κ2) is 4.99. The molecule has 3 heteroatoms. The van der Waals surface area contributed by atoms with E-state index < -0.39 is 0 Å². The van der Waals surface area contributed by atoms with Gasteiger partial charge < -0.3 is 10.5 Å². The molecule has 1 spiro atoms. The zero-order chi connectivity index (χ0) is 14.4. The monoisotopic (exact) mass is 345 g/mol. The van der Waals surface area contributed by atoms with Gasteiger partial charge in [-0.2, -0.15) is 0 Å². The molecule has 2 unspecified atom stereocenters. The van der Waals surface area contributed by atoms with Gasteiger partial charge in [-0.3, -0.25) is 0 Å². The van der Waals surface area contributed by atoms with Gasteiger partial charge in [0.1, 0.15) is 11.9 Å². The van der Waals surface area contributed by atoms with E-state index in [1.54, 1.807) is 0 Å². The summed E-state index contributed by atoms with van der Waals surface area (Å²) >= 11 is 3.72. The zero-order valence-electron chi connectivity index (χ0n) is 12.0. The van der Waals surface area contributed by atoms with Crippen molar-refractivity contribution >= 4 is 26.7 Å². The molecule has 0 radical (unpaired) electrons. The highest BCUT2D eigenvalue weighted by Gasteiger charge is 2.56. The van der Waals surface area contributed by atoms with Crippen molar-refractivity contribution in [3.63, 3.8) is 0 Å². The Morgan fingerprint density at radius 1 is 1.10 bits per heavy atom. The minimum Gasteiger partial charge on any atom is -0.489 e. The van der Waals surface area contributed by atoms with Crippen molar-refractivity contribution in [1.29, 1.82) is 0 Å². The molecule has 0 aromatic heterocycles. The van der Waals surface area contributed by atoms with Gasteiger partial charge in [0.05, 0.1) is 4.47 Å². The molecule has 2 atom stereocenters. The van der Waals surface area contributed by atoms with Crippen LogP contribution in [-0.4, -0.2) is 12.1 Å². The van der Waals surface area contributed by atoms with Gasteiger partial charge in [0, 0.05) is 17.9 Å². The molecule has 0 bridgehead atoms. The minimum atomic E-state index is 0.241. The number of ether oxygens (including phenoxy) is 1. The van der Waals surface area contributed by atoms with E-state index in [2.05, 4.69) is 52.3 Å². The summed E-state index contributed by atoms with van der Waals surface area (Å²) < 4.78 is 7.43. The maximum Gasteiger partial charge on any atom is 0.134 e. The fourth-order valence-corrected chi connectivity index (χ4v) is 4.71. The number of rotatable bonds is 2. The van der Waals surface area contributed by atoms with Crippen LogP contribution in [0.2, 0.25) is 0 Å². The second-order valence-corrected chi connectivity index (χ2v) is 7.28. The first kappa shape index (κ1) is 13.6. The lowest BCUT2D eigenvalue weighted by atomic mass is 9.61. The zero-order valence-corrected chi connectivity index (χ0v) is 13.6. The lowest BCUT2D eigenvalue weighted by molar-refractivity contribution is -0.0622. The third kappa shape index (κ3) is 2.01. The molecule has 0 amide bonds. The predicted molar refractivity (Wildman–Crippen MR) is 89.6 cm³/mol. The standard InChI is InChI=1S/C18H20BrNO/c19-17-13-6-2-1-5-12(13)7-8-14(17)21-16-11-15(20)18(16)9-3-4-10-18/h1-2,5-8,15-16H,3-4,9-11,20H2. The Morgan fingerprint density at radius 2 is 1.86 bits per heavy atom. The van der Waals surface area contributed by atoms with Crippen molar-refractivity contribution in [3.05, 3.63) is 40.9 Å². The fraction of sp³-hybridized carbons (Fsp3) is 0.444. The van der Waals surface area contributed by atoms with E-state index >= 15 is 0 Å². The van der Waals surface area contributed by atoms with E-state index in [1.807, 2.05) is 0 Å². The first-order valence-corrected chi connectivity index (χ1v) is 8.59. The molecular formula is C18H20BrNO. The van der Waals surface area contributed by atoms with Crippen LogP contribution >= 0.6 is 15.9 Å². The first-order valence-electron chi connectivity index (χ1n) is 7.80. The van der Waals surface area contributed by atoms with E-state index in [0.29, 0.717) is 6.04 Å². The molecule has 4 rings (SSSR count). The number of hydrogen-bond acceptors (Lipinski definition) is 2. The quantitative estimate of drug-likeness (QED) is 0.860. The molecular weight excluding hydrogens is 326 g/mol. The molecule has 2 fully saturated rings. The Bertz CT molecular complexity index is 678. The maximum absolute atomic E-state index is 6.37. The van der Waals surface area contributed by atoms with Crippen LogP contribution in [0, 0.1) is 5.41 Å². The Hall–Kier alpha value is -1.06. The maximum atomic E-state index is 6.37. The van der Waals surface area contributed by atoms with Gasteiger partial charge in [0.15, 0.2) is 0 Å². The first-order chi connectivity index (χ1) is 10.2. The molecule has 110 valence electrons. The second-order valence-electron chi connectivity index (χ2n) is 6.49. The summed E-state index contributed by atoms with van der Waals surface area (Å²) in [5.41, 5.74) is 6.54. The SMILES string of the molecule is NC1CC(Oc2ccc3ccccc3c2Br)C12CCCC2. The van der Waals surface area contributed by atoms with Crippen molar-refractivity contribution in [2.75, 3.05) is 0 Å². The Labute approximate surface area is 133 Å². The average molecular weight is 346 g/mol. The van der Waals surface area contributed by atoms with Crippen LogP contribution in [0.3, 0.4) is 0 Å². The average Bonchev–Trinajstić information content (AvgIpc) is 3.02. The molecule has 2 saturated carbocycles. The van der Waals surface area contributed by atoms with E-state index in [1.165, 1.54) is 36.5 Å². The van der Waals surface area contributed by atoms with E-state index in [-0.39, 0.29) is 11.5 Å². The van der Waals surface area contributed by atoms with Crippen LogP contribution in [0.5, 0.6) is 5.75 Å². The smallest absolute Gasteiger partial charge is 0.134 e. The number of nitrogens with two attached hydrogens (primary N) is 1. The number of halogens is 1. The molecule has 0 heterocycles. The number of fused-ring (bicyclic) bond motifs is 1. The lowest BCUT2D eigenvalue weighted by Crippen LogP contribution is -2.62. The van der Waals surface area contributed by atoms with Crippen molar-refractivity contribution in [2.45, 2.75) is 44.2 Å². The summed E-state index contributed by atoms with van der Waals surface area (Å²) in [6.45, 7) is 0. The highest BCUT2D eigenvalue weighted by molar-refractivity contribution is 9.10. The van der Waals surface area contributed by atoms with Gasteiger partial charge in [0.25, 0.3) is 0 Å². The summed E-state index contributed by atoms with van der Waals surface area (Å²) in [6, 6.07) is 12.9. The summed E-state index contributed by atoms with van der Waals surface area (Å²) in [7, 11) is 0. The predicted octanol–water partition coefficient (Wildman–Crippen LogP) is 4.64. The summed E-state index contributed by atoms with van der Waals surface area (Å²) in [5.74, 6) is 0.955. The molecule has 0 aliphatic heterocycles. The molecule has 21 heavy (non-hydrogen) atoms. The Morgan fingerprint density at radius 3 is 2.62 bits per heavy atom. The van der Waals surface area contributed by atoms with Crippen molar-refractivity contribution in [2.24, 2.45) is 11.1 Å². The van der Waals surface area contributed by atoms with E-state index in [0.717, 1.165) is 16.6 Å². The Balaban J connectivity index is 1.64. The van der Waals surface area contributed by atoms with Gasteiger partial charge in [0.2, 0.25) is 0 Å². The van der Waals surface area contributed by atoms with Gasteiger partial charge >= 0.3 is 0 Å². The normalized spacial score (nSPS) is 27.0. The van der Waals surface area contributed by atoms with Gasteiger partial charge in [-0.05, 0) is 45.6 Å². The summed E-state index contributed by atoms with van der Waals surface area (Å²) in [5, 5.41) is 2.44. The largest absolute Gasteiger partial charge is 0.489 e. The van der Waals surface area contributed by atoms with Crippen LogP contribution in [0.15, 0.2) is 40.9 Å². The molecule has 2 N–H and O–H groups in total. The van der Waals surface area contributed by atoms with E-state index in [9.17, 15) is 0 Å². The van der Waals surface area contributed by atoms with Gasteiger partial charge in [-0.15, -0.1) is 0 Å². The number of hydrogen-bond donors (Lipinski definition) is 1. The molecule has 2 aromatic carbocycles. The molecule has 2 nitrogen and oxygen atoms in total. The molecule has 2 aliphatic carbocycles. The molecule has 2 aromatic rings. The molecule has 0 saturated heterocycles. The summed E-state index contributed by atoms with van der Waals surface area (Å²) in [6.07, 6.45) is 6.32. The van der Waals surface area contributed by atoms with Gasteiger partial charge in [-0.25, -0.2) is 0 Å². The summed E-state index contributed by atoms with van der Waals surface area (Å²) in [4.78, 5) is 0. The van der Waals surface area contributed by atoms with Crippen LogP contribution < -0.4 is 10.5 Å². The third-order valence-corrected chi connectivity index (χ3v) is 6.30. The topological polar surface area (TPSA) is 35.2 Å². The fourth-order valence-electron chi connectivity index (χ4n) is 4.13. The van der Waals surface area contributed by atoms with Crippen molar-refractivity contribution in [3.8, 4) is 5.75 Å². The number of benzene rings is 2. The van der Waals surface area contributed by atoms with Crippen molar-refractivity contribution < 1.29 is 4.74 Å². The highest BCUT2D eigenvalue weighted by Crippen LogP contribution is 2.54. The van der Waals surface area contributed by atoms with Crippen LogP contribution in [0.1, 0.15) is 32.1 Å². The van der Waals surface area contributed by atoms with Crippen LogP contribution in [-0.2, 0) is 0 Å². The minimum absolute atomic E-state index is 0.241. The lowest BCUT2D eigenvalue weighted by Gasteiger charge is -2.52. The van der Waals surface area contributed by atoms with Gasteiger partial charge in [-0.1, -0.05) is 43.2 Å². The third-order valence-electron chi connectivity index (χ3n) is 5.48. The van der Waals surface area contributed by atoms with Crippen LogP contribution in [0.25, 0.3) is 10.8 Å². The highest BCUT2D eigenvalue weighted by atomic mass is 79.9. The van der Waals surface area contributed by atoms with Crippen LogP contribution in [0.4, 0.5) is 0 Å². The Kier molecular flexibility index (Phi) is 3.23. The molecule has 2 aliphatic rings. The van der Waals surface area contributed by atoms with E-state index in [4.69, 9.17) is 10.5 Å². The van der Waals surface area contributed by atoms with Crippen molar-refractivity contribution in [1.82, 2.24) is 0 Å².